The molecular formula is C25H31Cl2N3O3S. The number of nitrogens with two attached hydrogens (primary N) is 1. The maximum Gasteiger partial charge on any atom is 0.313 e. The highest BCUT2D eigenvalue weighted by Crippen LogP contribution is 2.32. The highest BCUT2D eigenvalue weighted by atomic mass is 35.5. The normalized spacial score (nSPS) is 15.7. The molecule has 6 nitrogen and oxygen atoms in total. The number of thiophene rings is 1. The molecule has 2 atom stereocenters. The highest BCUT2D eigenvalue weighted by Gasteiger charge is 2.24. The average molecular weight is 525 g/mol. The first kappa shape index (κ1) is 27.9. The molecular weight excluding hydrogens is 493 g/mol. The Morgan fingerprint density at radius 3 is 2.62 bits per heavy atom. The van der Waals surface area contributed by atoms with Crippen LogP contribution in [0.1, 0.15) is 41.7 Å². The van der Waals surface area contributed by atoms with Crippen molar-refractivity contribution in [3.63, 3.8) is 0 Å². The lowest BCUT2D eigenvalue weighted by atomic mass is 9.94. The molecule has 1 aromatic heterocycles. The summed E-state index contributed by atoms with van der Waals surface area (Å²) in [6.45, 7) is 3.89. The number of hydrogen-bond acceptors (Lipinski definition) is 6. The number of nitrogen functional groups attached to an aromatic ring is 1. The predicted molar refractivity (Wildman–Crippen MR) is 143 cm³/mol. The van der Waals surface area contributed by atoms with Gasteiger partial charge in [-0.05, 0) is 80.1 Å². The first-order chi connectivity index (χ1) is 15.5. The van der Waals surface area contributed by atoms with E-state index in [1.54, 1.807) is 11.3 Å². The summed E-state index contributed by atoms with van der Waals surface area (Å²) in [7, 11) is 0. The van der Waals surface area contributed by atoms with Crippen molar-refractivity contribution in [1.29, 1.82) is 5.41 Å². The minimum absolute atomic E-state index is 0. The van der Waals surface area contributed by atoms with Crippen LogP contribution in [0.5, 0.6) is 5.75 Å². The Labute approximate surface area is 216 Å². The number of carbonyl (C=O) groups is 1. The van der Waals surface area contributed by atoms with E-state index in [0.717, 1.165) is 39.2 Å². The molecule has 0 aliphatic carbocycles. The number of amidine groups is 1. The molecule has 0 bridgehead atoms. The van der Waals surface area contributed by atoms with Gasteiger partial charge in [-0.15, -0.1) is 36.2 Å². The first-order valence-corrected chi connectivity index (χ1v) is 11.8. The predicted octanol–water partition coefficient (Wildman–Crippen LogP) is 5.05. The van der Waals surface area contributed by atoms with E-state index in [-0.39, 0.29) is 42.5 Å². The van der Waals surface area contributed by atoms with E-state index in [0.29, 0.717) is 31.2 Å². The Bertz CT molecular complexity index is 1100. The molecule has 1 unspecified atom stereocenters. The average Bonchev–Trinajstić information content (AvgIpc) is 3.45. The Kier molecular flexibility index (Phi) is 10.6. The molecule has 4 rings (SSSR count). The molecule has 4 N–H and O–H groups in total. The lowest BCUT2D eigenvalue weighted by Gasteiger charge is -2.16. The number of fused-ring (bicyclic) bond motifs is 1. The van der Waals surface area contributed by atoms with E-state index in [1.807, 2.05) is 49.4 Å². The van der Waals surface area contributed by atoms with Crippen molar-refractivity contribution < 1.29 is 14.3 Å². The van der Waals surface area contributed by atoms with Gasteiger partial charge in [0.05, 0.1) is 12.5 Å². The fraction of sp³-hybridized carbons (Fsp3) is 0.360. The zero-order chi connectivity index (χ0) is 22.5. The Morgan fingerprint density at radius 1 is 1.21 bits per heavy atom. The van der Waals surface area contributed by atoms with Crippen LogP contribution in [0.15, 0.2) is 48.5 Å². The van der Waals surface area contributed by atoms with Gasteiger partial charge < -0.3 is 20.5 Å². The van der Waals surface area contributed by atoms with Gasteiger partial charge in [0, 0.05) is 21.2 Å². The topological polar surface area (TPSA) is 97.4 Å². The second kappa shape index (κ2) is 13.0. The van der Waals surface area contributed by atoms with Crippen molar-refractivity contribution >= 4 is 58.0 Å². The third kappa shape index (κ3) is 6.85. The Morgan fingerprint density at radius 2 is 1.97 bits per heavy atom. The summed E-state index contributed by atoms with van der Waals surface area (Å²) in [6, 6.07) is 16.0. The monoisotopic (exact) mass is 523 g/mol. The van der Waals surface area contributed by atoms with Gasteiger partial charge in [0.1, 0.15) is 18.2 Å². The maximum atomic E-state index is 12.8. The van der Waals surface area contributed by atoms with Crippen LogP contribution in [0.3, 0.4) is 0 Å². The molecule has 2 heterocycles. The number of halogens is 2. The summed E-state index contributed by atoms with van der Waals surface area (Å²) < 4.78 is 12.4. The van der Waals surface area contributed by atoms with Crippen molar-refractivity contribution in [2.75, 3.05) is 19.8 Å². The molecule has 1 aliphatic rings. The molecule has 0 amide bonds. The number of benzene rings is 2. The first-order valence-electron chi connectivity index (χ1n) is 11.0. The number of rotatable bonds is 9. The molecule has 34 heavy (non-hydrogen) atoms. The van der Waals surface area contributed by atoms with Crippen LogP contribution in [-0.2, 0) is 16.0 Å². The van der Waals surface area contributed by atoms with Crippen LogP contribution >= 0.6 is 36.2 Å². The smallest absolute Gasteiger partial charge is 0.313 e. The van der Waals surface area contributed by atoms with Gasteiger partial charge in [-0.25, -0.2) is 0 Å². The molecule has 9 heteroatoms. The second-order valence-electron chi connectivity index (χ2n) is 8.06. The number of esters is 1. The Hall–Kier alpha value is -2.32. The fourth-order valence-electron chi connectivity index (χ4n) is 4.04. The molecule has 1 saturated heterocycles. The summed E-state index contributed by atoms with van der Waals surface area (Å²) in [6.07, 6.45) is 2.90. The zero-order valence-electron chi connectivity index (χ0n) is 19.0. The number of carbonyl (C=O) groups excluding carboxylic acids is 1. The van der Waals surface area contributed by atoms with Crippen LogP contribution in [0.2, 0.25) is 0 Å². The van der Waals surface area contributed by atoms with Gasteiger partial charge in [0.25, 0.3) is 0 Å². The van der Waals surface area contributed by atoms with Crippen LogP contribution in [0.4, 0.5) is 0 Å². The minimum atomic E-state index is -0.388. The fourth-order valence-corrected chi connectivity index (χ4v) is 5.13. The van der Waals surface area contributed by atoms with E-state index >= 15 is 0 Å². The van der Waals surface area contributed by atoms with Crippen LogP contribution in [0, 0.1) is 5.41 Å². The largest absolute Gasteiger partial charge is 0.492 e. The summed E-state index contributed by atoms with van der Waals surface area (Å²) in [5.41, 5.74) is 7.24. The summed E-state index contributed by atoms with van der Waals surface area (Å²) in [5.74, 6) is 0.248. The quantitative estimate of drug-likeness (QED) is 0.207. The van der Waals surface area contributed by atoms with Gasteiger partial charge in [-0.2, -0.15) is 0 Å². The lowest BCUT2D eigenvalue weighted by molar-refractivity contribution is -0.144. The molecule has 0 radical (unpaired) electrons. The number of nitrogens with one attached hydrogen (secondary N) is 2. The standard InChI is InChI=1S/C25H29N3O3S.2ClH/c1-2-30-25(29)22(14-21-13-18-12-17(24(26)27)7-10-23(18)32-21)16-5-8-20(9-6-16)31-15-19-4-3-11-28-19;;/h5-10,12-13,19,22,28H,2-4,11,14-15H2,1H3,(H3,26,27);2*1H/t19-,22?;;/m0../s1. The van der Waals surface area contributed by atoms with E-state index < -0.39 is 0 Å². The number of hydrogen-bond donors (Lipinski definition) is 3. The van der Waals surface area contributed by atoms with E-state index in [9.17, 15) is 4.79 Å². The summed E-state index contributed by atoms with van der Waals surface area (Å²) >= 11 is 1.65. The van der Waals surface area contributed by atoms with Gasteiger partial charge in [-0.1, -0.05) is 12.1 Å². The van der Waals surface area contributed by atoms with Gasteiger partial charge >= 0.3 is 5.97 Å². The third-order valence-corrected chi connectivity index (χ3v) is 6.89. The van der Waals surface area contributed by atoms with Crippen LogP contribution < -0.4 is 15.8 Å². The van der Waals surface area contributed by atoms with E-state index in [4.69, 9.17) is 20.6 Å². The SMILES string of the molecule is CCOC(=O)C(Cc1cc2cc(C(=N)N)ccc2s1)c1ccc(OC[C@@H]2CCCN2)cc1.Cl.Cl. The third-order valence-electron chi connectivity index (χ3n) is 5.75. The summed E-state index contributed by atoms with van der Waals surface area (Å²) in [5, 5.41) is 12.1. The van der Waals surface area contributed by atoms with E-state index in [1.165, 1.54) is 6.42 Å². The molecule has 0 spiro atoms. The van der Waals surface area contributed by atoms with Crippen molar-refractivity contribution in [2.45, 2.75) is 38.1 Å². The maximum absolute atomic E-state index is 12.8. The molecule has 2 aromatic carbocycles. The van der Waals surface area contributed by atoms with Gasteiger partial charge in [0.15, 0.2) is 0 Å². The Balaban J connectivity index is 0.00000204. The number of ether oxygens (including phenoxy) is 2. The van der Waals surface area contributed by atoms with Crippen molar-refractivity contribution in [3.05, 3.63) is 64.5 Å². The van der Waals surface area contributed by atoms with Crippen molar-refractivity contribution in [3.8, 4) is 5.75 Å². The van der Waals surface area contributed by atoms with E-state index in [2.05, 4.69) is 11.4 Å². The highest BCUT2D eigenvalue weighted by molar-refractivity contribution is 7.19. The lowest BCUT2D eigenvalue weighted by Crippen LogP contribution is -2.28. The minimum Gasteiger partial charge on any atom is -0.492 e. The van der Waals surface area contributed by atoms with Crippen LogP contribution in [0.25, 0.3) is 10.1 Å². The zero-order valence-corrected chi connectivity index (χ0v) is 21.5. The second-order valence-corrected chi connectivity index (χ2v) is 9.23. The van der Waals surface area contributed by atoms with Gasteiger partial charge in [-0.3, -0.25) is 10.2 Å². The molecule has 3 aromatic rings. The van der Waals surface area contributed by atoms with Gasteiger partial charge in [0.2, 0.25) is 0 Å². The molecule has 0 saturated carbocycles. The molecule has 1 fully saturated rings. The van der Waals surface area contributed by atoms with Crippen molar-refractivity contribution in [1.82, 2.24) is 5.32 Å². The van der Waals surface area contributed by atoms with Crippen LogP contribution in [-0.4, -0.2) is 37.6 Å². The summed E-state index contributed by atoms with van der Waals surface area (Å²) in [4.78, 5) is 13.9. The molecule has 184 valence electrons. The van der Waals surface area contributed by atoms with Crippen molar-refractivity contribution in [2.24, 2.45) is 5.73 Å². The molecule has 1 aliphatic heterocycles.